The molecule has 0 saturated carbocycles. The lowest BCUT2D eigenvalue weighted by Gasteiger charge is -2.35. The summed E-state index contributed by atoms with van der Waals surface area (Å²) in [5, 5.41) is 15.1. The molecule has 2 fully saturated rings. The van der Waals surface area contributed by atoms with Crippen LogP contribution in [0, 0.1) is 0 Å². The smallest absolute Gasteiger partial charge is 0.0949 e. The van der Waals surface area contributed by atoms with E-state index in [0.717, 1.165) is 18.4 Å². The predicted octanol–water partition coefficient (Wildman–Crippen LogP) is 0.681. The highest BCUT2D eigenvalue weighted by Crippen LogP contribution is 2.45. The average Bonchev–Trinajstić information content (AvgIpc) is 2.73. The van der Waals surface area contributed by atoms with E-state index in [4.69, 9.17) is 0 Å². The molecule has 4 nitrogen and oxygen atoms in total. The van der Waals surface area contributed by atoms with E-state index in [1.54, 1.807) is 10.9 Å². The summed E-state index contributed by atoms with van der Waals surface area (Å²) in [5.74, 6) is 0. The Bertz CT molecular complexity index is 427. The Morgan fingerprint density at radius 3 is 2.62 bits per heavy atom. The Balaban J connectivity index is 1.93. The second kappa shape index (κ2) is 3.40. The SMILES string of the molecule is Cn1cc(C2(O)CC3CCC(C2)S3=O)cn1. The number of rotatable bonds is 1. The lowest BCUT2D eigenvalue weighted by atomic mass is 9.88. The number of nitrogens with zero attached hydrogens (tertiary/aromatic N) is 2. The van der Waals surface area contributed by atoms with E-state index in [1.807, 2.05) is 13.2 Å². The molecule has 0 spiro atoms. The highest BCUT2D eigenvalue weighted by Gasteiger charge is 2.48. The predicted molar refractivity (Wildman–Crippen MR) is 61.3 cm³/mol. The average molecular weight is 240 g/mol. The van der Waals surface area contributed by atoms with Gasteiger partial charge < -0.3 is 5.11 Å². The molecule has 1 aromatic rings. The topological polar surface area (TPSA) is 55.1 Å². The van der Waals surface area contributed by atoms with E-state index < -0.39 is 16.4 Å². The number of aromatic nitrogens is 2. The van der Waals surface area contributed by atoms with Gasteiger partial charge in [-0.2, -0.15) is 5.10 Å². The van der Waals surface area contributed by atoms with Crippen molar-refractivity contribution in [3.8, 4) is 0 Å². The zero-order chi connectivity index (χ0) is 11.3. The molecule has 0 amide bonds. The molecule has 3 rings (SSSR count). The molecular weight excluding hydrogens is 224 g/mol. The van der Waals surface area contributed by atoms with Crippen molar-refractivity contribution in [1.82, 2.24) is 9.78 Å². The first-order valence-corrected chi connectivity index (χ1v) is 6.97. The summed E-state index contributed by atoms with van der Waals surface area (Å²) in [4.78, 5) is 0. The van der Waals surface area contributed by atoms with Gasteiger partial charge >= 0.3 is 0 Å². The summed E-state index contributed by atoms with van der Waals surface area (Å²) in [7, 11) is 1.13. The summed E-state index contributed by atoms with van der Waals surface area (Å²) in [6.07, 6.45) is 6.85. The molecule has 2 atom stereocenters. The van der Waals surface area contributed by atoms with Crippen LogP contribution in [0.1, 0.15) is 31.2 Å². The monoisotopic (exact) mass is 240 g/mol. The highest BCUT2D eigenvalue weighted by atomic mass is 32.2. The molecule has 2 aliphatic heterocycles. The fourth-order valence-electron chi connectivity index (χ4n) is 2.98. The van der Waals surface area contributed by atoms with Crippen molar-refractivity contribution >= 4 is 10.8 Å². The van der Waals surface area contributed by atoms with Crippen molar-refractivity contribution in [2.45, 2.75) is 41.8 Å². The van der Waals surface area contributed by atoms with Crippen LogP contribution < -0.4 is 0 Å². The first-order chi connectivity index (χ1) is 7.58. The number of hydrogen-bond donors (Lipinski definition) is 1. The molecule has 1 N–H and O–H groups in total. The minimum Gasteiger partial charge on any atom is -0.385 e. The zero-order valence-corrected chi connectivity index (χ0v) is 10.1. The van der Waals surface area contributed by atoms with Gasteiger partial charge in [0.1, 0.15) is 0 Å². The van der Waals surface area contributed by atoms with Gasteiger partial charge in [0.2, 0.25) is 0 Å². The van der Waals surface area contributed by atoms with E-state index in [2.05, 4.69) is 5.10 Å². The fraction of sp³-hybridized carbons (Fsp3) is 0.727. The minimum absolute atomic E-state index is 0.184. The molecule has 1 aromatic heterocycles. The number of aliphatic hydroxyl groups is 1. The van der Waals surface area contributed by atoms with E-state index >= 15 is 0 Å². The van der Waals surface area contributed by atoms with E-state index in [0.29, 0.717) is 12.8 Å². The van der Waals surface area contributed by atoms with Crippen LogP contribution in [0.25, 0.3) is 0 Å². The standard InChI is InChI=1S/C11H16N2O2S/c1-13-7-8(6-12-13)11(14)4-9-2-3-10(5-11)16(9)15/h6-7,9-10,14H,2-5H2,1H3. The quantitative estimate of drug-likeness (QED) is 0.785. The summed E-state index contributed by atoms with van der Waals surface area (Å²) in [5.41, 5.74) is 0.0807. The largest absolute Gasteiger partial charge is 0.385 e. The van der Waals surface area contributed by atoms with Crippen LogP contribution in [0.5, 0.6) is 0 Å². The summed E-state index contributed by atoms with van der Waals surface area (Å²) in [6.45, 7) is 0. The van der Waals surface area contributed by atoms with Crippen LogP contribution in [0.3, 0.4) is 0 Å². The first kappa shape index (κ1) is 10.5. The number of hydrogen-bond acceptors (Lipinski definition) is 3. The van der Waals surface area contributed by atoms with Crippen LogP contribution in [0.15, 0.2) is 12.4 Å². The molecule has 2 saturated heterocycles. The Morgan fingerprint density at radius 2 is 2.12 bits per heavy atom. The van der Waals surface area contributed by atoms with Gasteiger partial charge in [0, 0.05) is 40.1 Å². The maximum Gasteiger partial charge on any atom is 0.0949 e. The third kappa shape index (κ3) is 1.45. The molecule has 5 heteroatoms. The van der Waals surface area contributed by atoms with E-state index in [9.17, 15) is 9.32 Å². The highest BCUT2D eigenvalue weighted by molar-refractivity contribution is 7.86. The van der Waals surface area contributed by atoms with Gasteiger partial charge in [0.15, 0.2) is 0 Å². The Kier molecular flexibility index (Phi) is 2.23. The molecular formula is C11H16N2O2S. The van der Waals surface area contributed by atoms with Gasteiger partial charge in [-0.05, 0) is 25.7 Å². The maximum atomic E-state index is 11.9. The third-order valence-corrected chi connectivity index (χ3v) is 5.96. The molecule has 3 heterocycles. The van der Waals surface area contributed by atoms with Crippen LogP contribution in [-0.2, 0) is 23.4 Å². The molecule has 0 aromatic carbocycles. The van der Waals surface area contributed by atoms with Gasteiger partial charge in [-0.3, -0.25) is 8.89 Å². The van der Waals surface area contributed by atoms with Crippen molar-refractivity contribution in [2.24, 2.45) is 7.05 Å². The van der Waals surface area contributed by atoms with Crippen LogP contribution in [0.4, 0.5) is 0 Å². The van der Waals surface area contributed by atoms with E-state index in [1.165, 1.54) is 0 Å². The van der Waals surface area contributed by atoms with Crippen molar-refractivity contribution in [3.63, 3.8) is 0 Å². The number of aryl methyl sites for hydroxylation is 1. The van der Waals surface area contributed by atoms with Crippen LogP contribution in [-0.4, -0.2) is 29.6 Å². The Hall–Kier alpha value is -0.680. The molecule has 88 valence electrons. The Morgan fingerprint density at radius 1 is 1.50 bits per heavy atom. The number of fused-ring (bicyclic) bond motifs is 2. The first-order valence-electron chi connectivity index (χ1n) is 5.69. The molecule has 0 aliphatic carbocycles. The normalized spacial score (nSPS) is 42.5. The second-order valence-corrected chi connectivity index (χ2v) is 6.98. The third-order valence-electron chi connectivity index (χ3n) is 3.84. The zero-order valence-electron chi connectivity index (χ0n) is 9.30. The molecule has 2 bridgehead atoms. The van der Waals surface area contributed by atoms with Crippen molar-refractivity contribution in [3.05, 3.63) is 18.0 Å². The van der Waals surface area contributed by atoms with Crippen molar-refractivity contribution < 1.29 is 9.32 Å². The van der Waals surface area contributed by atoms with Gasteiger partial charge in [-0.1, -0.05) is 0 Å². The minimum atomic E-state index is -0.798. The maximum absolute atomic E-state index is 11.9. The van der Waals surface area contributed by atoms with Crippen molar-refractivity contribution in [2.75, 3.05) is 0 Å². The van der Waals surface area contributed by atoms with Crippen LogP contribution >= 0.6 is 0 Å². The summed E-state index contributed by atoms with van der Waals surface area (Å²) in [6, 6.07) is 0. The van der Waals surface area contributed by atoms with Gasteiger partial charge in [-0.15, -0.1) is 0 Å². The molecule has 0 radical (unpaired) electrons. The lowest BCUT2D eigenvalue weighted by molar-refractivity contribution is 0.0184. The van der Waals surface area contributed by atoms with Gasteiger partial charge in [-0.25, -0.2) is 0 Å². The summed E-state index contributed by atoms with van der Waals surface area (Å²) >= 11 is 0. The van der Waals surface area contributed by atoms with E-state index in [-0.39, 0.29) is 10.5 Å². The lowest BCUT2D eigenvalue weighted by Crippen LogP contribution is -2.40. The molecule has 2 unspecified atom stereocenters. The van der Waals surface area contributed by atoms with Gasteiger partial charge in [0.05, 0.1) is 11.8 Å². The van der Waals surface area contributed by atoms with Crippen molar-refractivity contribution in [1.29, 1.82) is 0 Å². The van der Waals surface area contributed by atoms with Gasteiger partial charge in [0.25, 0.3) is 0 Å². The summed E-state index contributed by atoms with van der Waals surface area (Å²) < 4.78 is 13.6. The Labute approximate surface area is 97.1 Å². The molecule has 2 aliphatic rings. The fourth-order valence-corrected chi connectivity index (χ4v) is 5.14. The molecule has 16 heavy (non-hydrogen) atoms. The van der Waals surface area contributed by atoms with Crippen LogP contribution in [0.2, 0.25) is 0 Å². The second-order valence-electron chi connectivity index (χ2n) is 4.99.